The molecule has 0 bridgehead atoms. The van der Waals surface area contributed by atoms with Crippen LogP contribution in [0.3, 0.4) is 0 Å². The maximum absolute atomic E-state index is 13.8. The number of anilines is 1. The van der Waals surface area contributed by atoms with E-state index in [2.05, 4.69) is 5.32 Å². The third kappa shape index (κ3) is 4.17. The van der Waals surface area contributed by atoms with Crippen LogP contribution in [-0.2, 0) is 14.3 Å². The van der Waals surface area contributed by atoms with E-state index < -0.39 is 23.3 Å². The zero-order valence-electron chi connectivity index (χ0n) is 11.4. The van der Waals surface area contributed by atoms with Crippen LogP contribution in [0.25, 0.3) is 6.08 Å². The third-order valence-corrected chi connectivity index (χ3v) is 2.72. The van der Waals surface area contributed by atoms with Crippen LogP contribution in [0.5, 0.6) is 0 Å². The van der Waals surface area contributed by atoms with Gasteiger partial charge < -0.3 is 15.2 Å². The molecule has 0 aliphatic rings. The molecule has 20 heavy (non-hydrogen) atoms. The summed E-state index contributed by atoms with van der Waals surface area (Å²) >= 11 is 0. The van der Waals surface area contributed by atoms with E-state index in [1.54, 1.807) is 13.8 Å². The molecule has 0 fully saturated rings. The molecule has 1 aromatic carbocycles. The molecule has 0 heterocycles. The molecule has 1 rings (SSSR count). The molecular weight excluding hydrogens is 265 g/mol. The second kappa shape index (κ2) is 6.29. The monoisotopic (exact) mass is 281 g/mol. The molecule has 108 valence electrons. The highest BCUT2D eigenvalue weighted by Gasteiger charge is 2.27. The fourth-order valence-corrected chi connectivity index (χ4v) is 1.27. The third-order valence-electron chi connectivity index (χ3n) is 2.72. The number of hydrogen-bond acceptors (Lipinski definition) is 3. The Kier molecular flexibility index (Phi) is 4.99. The molecule has 6 heteroatoms. The molecule has 1 amide bonds. The van der Waals surface area contributed by atoms with E-state index in [0.717, 1.165) is 12.1 Å². The Morgan fingerprint density at radius 2 is 2.05 bits per heavy atom. The number of ether oxygens (including phenoxy) is 1. The molecule has 0 saturated carbocycles. The molecule has 0 aliphatic heterocycles. The minimum Gasteiger partial charge on any atom is -0.478 e. The van der Waals surface area contributed by atoms with Gasteiger partial charge in [-0.2, -0.15) is 0 Å². The van der Waals surface area contributed by atoms with Crippen molar-refractivity contribution in [3.63, 3.8) is 0 Å². The fourth-order valence-electron chi connectivity index (χ4n) is 1.27. The standard InChI is InChI=1S/C14H16FNO4/c1-14(2,20-3)13(19)16-11-6-4-9(8-10(11)15)5-7-12(17)18/h4-8H,1-3H3,(H,16,19)(H,17,18)/b7-5+. The van der Waals surface area contributed by atoms with Gasteiger partial charge in [0, 0.05) is 13.2 Å². The van der Waals surface area contributed by atoms with E-state index in [9.17, 15) is 14.0 Å². The van der Waals surface area contributed by atoms with E-state index >= 15 is 0 Å². The van der Waals surface area contributed by atoms with Gasteiger partial charge in [0.2, 0.25) is 0 Å². The minimum absolute atomic E-state index is 0.00704. The number of halogens is 1. The zero-order valence-corrected chi connectivity index (χ0v) is 11.4. The van der Waals surface area contributed by atoms with Crippen molar-refractivity contribution in [3.05, 3.63) is 35.7 Å². The number of methoxy groups -OCH3 is 1. The quantitative estimate of drug-likeness (QED) is 0.812. The van der Waals surface area contributed by atoms with Crippen LogP contribution < -0.4 is 5.32 Å². The van der Waals surface area contributed by atoms with Crippen molar-refractivity contribution in [1.29, 1.82) is 0 Å². The van der Waals surface area contributed by atoms with Crippen LogP contribution >= 0.6 is 0 Å². The van der Waals surface area contributed by atoms with Gasteiger partial charge in [0.25, 0.3) is 5.91 Å². The molecule has 2 N–H and O–H groups in total. The summed E-state index contributed by atoms with van der Waals surface area (Å²) in [6.07, 6.45) is 2.16. The van der Waals surface area contributed by atoms with Crippen molar-refractivity contribution in [3.8, 4) is 0 Å². The average molecular weight is 281 g/mol. The number of benzene rings is 1. The van der Waals surface area contributed by atoms with Crippen LogP contribution in [0.2, 0.25) is 0 Å². The molecule has 0 saturated heterocycles. The summed E-state index contributed by atoms with van der Waals surface area (Å²) in [5.74, 6) is -2.25. The van der Waals surface area contributed by atoms with Crippen LogP contribution in [0, 0.1) is 5.82 Å². The Morgan fingerprint density at radius 3 is 2.55 bits per heavy atom. The number of carboxylic acid groups (broad SMARTS) is 1. The largest absolute Gasteiger partial charge is 0.478 e. The van der Waals surface area contributed by atoms with Gasteiger partial charge in [-0.15, -0.1) is 0 Å². The molecule has 0 atom stereocenters. The molecule has 1 aromatic rings. The summed E-state index contributed by atoms with van der Waals surface area (Å²) in [7, 11) is 1.38. The Balaban J connectivity index is 2.89. The minimum atomic E-state index is -1.12. The van der Waals surface area contributed by atoms with Crippen molar-refractivity contribution in [2.45, 2.75) is 19.4 Å². The first-order chi connectivity index (χ1) is 9.26. The molecule has 0 unspecified atom stereocenters. The number of nitrogens with one attached hydrogen (secondary N) is 1. The molecule has 0 aromatic heterocycles. The Hall–Kier alpha value is -2.21. The van der Waals surface area contributed by atoms with E-state index in [4.69, 9.17) is 9.84 Å². The van der Waals surface area contributed by atoms with Crippen molar-refractivity contribution < 1.29 is 23.8 Å². The second-order valence-electron chi connectivity index (χ2n) is 4.58. The summed E-state index contributed by atoms with van der Waals surface area (Å²) in [5, 5.41) is 10.9. The predicted octanol–water partition coefficient (Wildman–Crippen LogP) is 2.29. The van der Waals surface area contributed by atoms with Gasteiger partial charge in [-0.25, -0.2) is 9.18 Å². The Morgan fingerprint density at radius 1 is 1.40 bits per heavy atom. The number of carboxylic acids is 1. The lowest BCUT2D eigenvalue weighted by Crippen LogP contribution is -2.39. The summed E-state index contributed by atoms with van der Waals surface area (Å²) < 4.78 is 18.8. The van der Waals surface area contributed by atoms with E-state index in [1.165, 1.54) is 25.3 Å². The van der Waals surface area contributed by atoms with E-state index in [0.29, 0.717) is 5.56 Å². The summed E-state index contributed by atoms with van der Waals surface area (Å²) in [4.78, 5) is 22.2. The van der Waals surface area contributed by atoms with Gasteiger partial charge in [0.15, 0.2) is 0 Å². The van der Waals surface area contributed by atoms with Crippen molar-refractivity contribution in [2.24, 2.45) is 0 Å². The summed E-state index contributed by atoms with van der Waals surface area (Å²) in [6, 6.07) is 3.99. The molecule has 5 nitrogen and oxygen atoms in total. The lowest BCUT2D eigenvalue weighted by Gasteiger charge is -2.21. The number of hydrogen-bond donors (Lipinski definition) is 2. The molecule has 0 aliphatic carbocycles. The Labute approximate surface area is 116 Å². The maximum atomic E-state index is 13.8. The number of rotatable bonds is 5. The molecule has 0 spiro atoms. The predicted molar refractivity (Wildman–Crippen MR) is 72.8 cm³/mol. The topological polar surface area (TPSA) is 75.6 Å². The summed E-state index contributed by atoms with van der Waals surface area (Å²) in [5.41, 5.74) is -0.685. The van der Waals surface area contributed by atoms with E-state index in [-0.39, 0.29) is 5.69 Å². The number of amides is 1. The van der Waals surface area contributed by atoms with Gasteiger partial charge in [-0.05, 0) is 37.6 Å². The lowest BCUT2D eigenvalue weighted by atomic mass is 10.1. The van der Waals surface area contributed by atoms with Crippen molar-refractivity contribution in [1.82, 2.24) is 0 Å². The van der Waals surface area contributed by atoms with Gasteiger partial charge in [-0.1, -0.05) is 6.07 Å². The lowest BCUT2D eigenvalue weighted by molar-refractivity contribution is -0.134. The normalized spacial score (nSPS) is 11.6. The van der Waals surface area contributed by atoms with Crippen LogP contribution in [0.15, 0.2) is 24.3 Å². The van der Waals surface area contributed by atoms with Gasteiger partial charge in [-0.3, -0.25) is 4.79 Å². The number of carbonyl (C=O) groups is 2. The highest BCUT2D eigenvalue weighted by atomic mass is 19.1. The highest BCUT2D eigenvalue weighted by Crippen LogP contribution is 2.19. The maximum Gasteiger partial charge on any atom is 0.328 e. The smallest absolute Gasteiger partial charge is 0.328 e. The SMILES string of the molecule is COC(C)(C)C(=O)Nc1ccc(/C=C/C(=O)O)cc1F. The number of aliphatic carboxylic acids is 1. The molecular formula is C14H16FNO4. The zero-order chi connectivity index (χ0) is 15.3. The summed E-state index contributed by atoms with van der Waals surface area (Å²) in [6.45, 7) is 3.12. The number of carbonyl (C=O) groups excluding carboxylic acids is 1. The van der Waals surface area contributed by atoms with Crippen LogP contribution in [0.4, 0.5) is 10.1 Å². The average Bonchev–Trinajstić information content (AvgIpc) is 2.38. The first kappa shape index (κ1) is 15.8. The first-order valence-corrected chi connectivity index (χ1v) is 5.83. The van der Waals surface area contributed by atoms with Crippen LogP contribution in [0.1, 0.15) is 19.4 Å². The van der Waals surface area contributed by atoms with Gasteiger partial charge >= 0.3 is 5.97 Å². The second-order valence-corrected chi connectivity index (χ2v) is 4.58. The van der Waals surface area contributed by atoms with Gasteiger partial charge in [0.1, 0.15) is 11.4 Å². The fraction of sp³-hybridized carbons (Fsp3) is 0.286. The first-order valence-electron chi connectivity index (χ1n) is 5.83. The molecule has 0 radical (unpaired) electrons. The van der Waals surface area contributed by atoms with Crippen molar-refractivity contribution in [2.75, 3.05) is 12.4 Å². The van der Waals surface area contributed by atoms with Gasteiger partial charge in [0.05, 0.1) is 5.69 Å². The van der Waals surface area contributed by atoms with Crippen molar-refractivity contribution >= 4 is 23.6 Å². The Bertz CT molecular complexity index is 552. The highest BCUT2D eigenvalue weighted by molar-refractivity contribution is 5.97. The van der Waals surface area contributed by atoms with Crippen LogP contribution in [-0.4, -0.2) is 29.7 Å². The van der Waals surface area contributed by atoms with E-state index in [1.807, 2.05) is 0 Å².